The normalized spacial score (nSPS) is 9.57. The molecule has 0 radical (unpaired) electrons. The number of hydrogen-bond acceptors (Lipinski definition) is 4. The number of nitrogens with zero attached hydrogens (tertiary/aromatic N) is 1. The summed E-state index contributed by atoms with van der Waals surface area (Å²) in [5.74, 6) is -0.801. The predicted octanol–water partition coefficient (Wildman–Crippen LogP) is 5.42. The average Bonchev–Trinajstić information content (AvgIpc) is 2.53. The number of hydrogen-bond donors (Lipinski definition) is 1. The molecular weight excluding hydrogens is 345 g/mol. The first-order valence-electron chi connectivity index (χ1n) is 6.53. The van der Waals surface area contributed by atoms with Crippen LogP contribution in [-0.2, 0) is 0 Å². The summed E-state index contributed by atoms with van der Waals surface area (Å²) >= 11 is 11.9. The highest BCUT2D eigenvalue weighted by Crippen LogP contribution is 2.37. The minimum atomic E-state index is -1.17. The minimum Gasteiger partial charge on any atom is -0.478 e. The zero-order valence-corrected chi connectivity index (χ0v) is 13.8. The Kier molecular flexibility index (Phi) is 6.81. The maximum atomic E-state index is 10.9. The fraction of sp³-hybridized carbons (Fsp3) is 0.133. The van der Waals surface area contributed by atoms with Crippen molar-refractivity contribution in [1.29, 1.82) is 0 Å². The molecular formula is C15H13Cl2NO5. The number of rotatable bonds is 4. The number of carbonyl (C=O) groups is 1. The highest BCUT2D eigenvalue weighted by Gasteiger charge is 2.14. The molecule has 8 heteroatoms. The lowest BCUT2D eigenvalue weighted by atomic mass is 10.2. The lowest BCUT2D eigenvalue weighted by Crippen LogP contribution is -1.97. The van der Waals surface area contributed by atoms with Crippen LogP contribution in [0.3, 0.4) is 0 Å². The molecule has 0 aliphatic heterocycles. The van der Waals surface area contributed by atoms with Gasteiger partial charge in [0.2, 0.25) is 0 Å². The van der Waals surface area contributed by atoms with E-state index in [9.17, 15) is 14.9 Å². The monoisotopic (exact) mass is 357 g/mol. The van der Waals surface area contributed by atoms with Gasteiger partial charge in [-0.2, -0.15) is 0 Å². The van der Waals surface area contributed by atoms with Gasteiger partial charge in [0.25, 0.3) is 5.69 Å². The number of ether oxygens (including phenoxy) is 1. The van der Waals surface area contributed by atoms with Gasteiger partial charge in [0.05, 0.1) is 20.5 Å². The van der Waals surface area contributed by atoms with Crippen LogP contribution in [0.15, 0.2) is 36.4 Å². The van der Waals surface area contributed by atoms with E-state index >= 15 is 0 Å². The first kappa shape index (κ1) is 18.7. The smallest absolute Gasteiger partial charge is 0.335 e. The van der Waals surface area contributed by atoms with E-state index in [4.69, 9.17) is 33.0 Å². The van der Waals surface area contributed by atoms with Crippen LogP contribution in [0.5, 0.6) is 11.5 Å². The Labute approximate surface area is 142 Å². The van der Waals surface area contributed by atoms with Crippen LogP contribution in [-0.4, -0.2) is 16.0 Å². The molecule has 23 heavy (non-hydrogen) atoms. The van der Waals surface area contributed by atoms with E-state index in [0.29, 0.717) is 0 Å². The second-order valence-electron chi connectivity index (χ2n) is 3.93. The molecule has 0 heterocycles. The number of nitro benzene ring substituents is 1. The lowest BCUT2D eigenvalue weighted by Gasteiger charge is -2.10. The SMILES string of the molecule is CC.O=C(O)c1cc(Cl)c(Oc2ccc([N+](=O)[O-])cc2)c(Cl)c1. The van der Waals surface area contributed by atoms with Crippen molar-refractivity contribution in [3.8, 4) is 11.5 Å². The number of benzene rings is 2. The van der Waals surface area contributed by atoms with Crippen molar-refractivity contribution in [2.45, 2.75) is 13.8 Å². The van der Waals surface area contributed by atoms with Crippen LogP contribution in [0.4, 0.5) is 5.69 Å². The van der Waals surface area contributed by atoms with Gasteiger partial charge in [-0.15, -0.1) is 0 Å². The first-order chi connectivity index (χ1) is 10.9. The molecule has 2 aromatic rings. The number of halogens is 2. The number of nitro groups is 1. The molecule has 0 unspecified atom stereocenters. The van der Waals surface area contributed by atoms with E-state index in [1.54, 1.807) is 0 Å². The van der Waals surface area contributed by atoms with Crippen molar-refractivity contribution in [2.75, 3.05) is 0 Å². The third-order valence-electron chi connectivity index (χ3n) is 2.51. The van der Waals surface area contributed by atoms with Gasteiger partial charge < -0.3 is 9.84 Å². The average molecular weight is 358 g/mol. The summed E-state index contributed by atoms with van der Waals surface area (Å²) in [6.45, 7) is 4.00. The number of carboxylic acid groups (broad SMARTS) is 1. The Morgan fingerprint density at radius 2 is 1.61 bits per heavy atom. The number of aromatic carboxylic acids is 1. The zero-order chi connectivity index (χ0) is 17.6. The summed E-state index contributed by atoms with van der Waals surface area (Å²) in [6, 6.07) is 7.71. The van der Waals surface area contributed by atoms with E-state index < -0.39 is 10.9 Å². The summed E-state index contributed by atoms with van der Waals surface area (Å²) in [4.78, 5) is 20.9. The maximum Gasteiger partial charge on any atom is 0.335 e. The third-order valence-corrected chi connectivity index (χ3v) is 3.07. The lowest BCUT2D eigenvalue weighted by molar-refractivity contribution is -0.384. The predicted molar refractivity (Wildman–Crippen MR) is 87.9 cm³/mol. The van der Waals surface area contributed by atoms with Gasteiger partial charge in [0.15, 0.2) is 5.75 Å². The molecule has 0 amide bonds. The Morgan fingerprint density at radius 1 is 1.13 bits per heavy atom. The molecule has 0 bridgehead atoms. The van der Waals surface area contributed by atoms with Gasteiger partial charge in [-0.3, -0.25) is 10.1 Å². The van der Waals surface area contributed by atoms with Crippen LogP contribution in [0.25, 0.3) is 0 Å². The molecule has 122 valence electrons. The summed E-state index contributed by atoms with van der Waals surface area (Å²) in [5, 5.41) is 19.5. The fourth-order valence-electron chi connectivity index (χ4n) is 1.53. The van der Waals surface area contributed by atoms with E-state index in [1.807, 2.05) is 13.8 Å². The number of non-ortho nitro benzene ring substituents is 1. The van der Waals surface area contributed by atoms with Crippen molar-refractivity contribution < 1.29 is 19.6 Å². The zero-order valence-electron chi connectivity index (χ0n) is 12.2. The molecule has 1 N–H and O–H groups in total. The van der Waals surface area contributed by atoms with Gasteiger partial charge in [-0.05, 0) is 24.3 Å². The first-order valence-corrected chi connectivity index (χ1v) is 7.28. The van der Waals surface area contributed by atoms with Crippen molar-refractivity contribution >= 4 is 34.9 Å². The summed E-state index contributed by atoms with van der Waals surface area (Å²) < 4.78 is 5.43. The quantitative estimate of drug-likeness (QED) is 0.582. The molecule has 0 spiro atoms. The highest BCUT2D eigenvalue weighted by atomic mass is 35.5. The van der Waals surface area contributed by atoms with Gasteiger partial charge in [0.1, 0.15) is 5.75 Å². The number of carboxylic acids is 1. The van der Waals surface area contributed by atoms with Crippen LogP contribution in [0.2, 0.25) is 10.0 Å². The Balaban J connectivity index is 0.00000127. The minimum absolute atomic E-state index is 0.0262. The molecule has 0 atom stereocenters. The van der Waals surface area contributed by atoms with Crippen molar-refractivity contribution in [2.24, 2.45) is 0 Å². The van der Waals surface area contributed by atoms with Gasteiger partial charge >= 0.3 is 5.97 Å². The van der Waals surface area contributed by atoms with E-state index in [2.05, 4.69) is 0 Å². The summed E-state index contributed by atoms with van der Waals surface area (Å²) in [5.41, 5.74) is -0.151. The summed E-state index contributed by atoms with van der Waals surface area (Å²) in [6.07, 6.45) is 0. The van der Waals surface area contributed by atoms with Crippen LogP contribution in [0, 0.1) is 10.1 Å². The maximum absolute atomic E-state index is 10.9. The molecule has 0 saturated carbocycles. The van der Waals surface area contributed by atoms with Crippen LogP contribution < -0.4 is 4.74 Å². The van der Waals surface area contributed by atoms with E-state index in [0.717, 1.165) is 0 Å². The molecule has 0 aliphatic rings. The molecule has 0 aromatic heterocycles. The molecule has 0 aliphatic carbocycles. The Morgan fingerprint density at radius 3 is 2.00 bits per heavy atom. The van der Waals surface area contributed by atoms with Gasteiger partial charge in [0, 0.05) is 12.1 Å². The van der Waals surface area contributed by atoms with Gasteiger partial charge in [-0.1, -0.05) is 37.0 Å². The van der Waals surface area contributed by atoms with Crippen LogP contribution >= 0.6 is 23.2 Å². The fourth-order valence-corrected chi connectivity index (χ4v) is 2.10. The largest absolute Gasteiger partial charge is 0.478 e. The Hall–Kier alpha value is -2.31. The Bertz CT molecular complexity index is 693. The molecule has 2 rings (SSSR count). The molecule has 0 saturated heterocycles. The molecule has 6 nitrogen and oxygen atoms in total. The van der Waals surface area contributed by atoms with Gasteiger partial charge in [-0.25, -0.2) is 4.79 Å². The second kappa shape index (κ2) is 8.36. The van der Waals surface area contributed by atoms with E-state index in [1.165, 1.54) is 36.4 Å². The third kappa shape index (κ3) is 4.84. The topological polar surface area (TPSA) is 89.7 Å². The summed E-state index contributed by atoms with van der Waals surface area (Å²) in [7, 11) is 0. The van der Waals surface area contributed by atoms with Crippen LogP contribution in [0.1, 0.15) is 24.2 Å². The second-order valence-corrected chi connectivity index (χ2v) is 4.74. The van der Waals surface area contributed by atoms with E-state index in [-0.39, 0.29) is 32.8 Å². The molecule has 0 fully saturated rings. The standard InChI is InChI=1S/C13H7Cl2NO5.C2H6/c14-10-5-7(13(17)18)6-11(15)12(10)21-9-3-1-8(2-4-9)16(19)20;1-2/h1-6H,(H,17,18);1-2H3. The van der Waals surface area contributed by atoms with Crippen molar-refractivity contribution in [1.82, 2.24) is 0 Å². The van der Waals surface area contributed by atoms with Crippen molar-refractivity contribution in [3.05, 3.63) is 62.1 Å². The highest BCUT2D eigenvalue weighted by molar-refractivity contribution is 6.37. The van der Waals surface area contributed by atoms with Crippen molar-refractivity contribution in [3.63, 3.8) is 0 Å². The molecule has 2 aromatic carbocycles.